The van der Waals surface area contributed by atoms with Crippen molar-refractivity contribution in [2.24, 2.45) is 0 Å². The molecular weight excluding hydrogens is 543 g/mol. The van der Waals surface area contributed by atoms with Crippen LogP contribution in [-0.4, -0.2) is 13.4 Å². The Labute approximate surface area is 236 Å². The Bertz CT molecular complexity index is 1940. The maximum atomic E-state index is 13.4. The highest BCUT2D eigenvalue weighted by Gasteiger charge is 2.36. The van der Waals surface area contributed by atoms with E-state index in [0.717, 1.165) is 57.2 Å². The van der Waals surface area contributed by atoms with Gasteiger partial charge in [-0.3, -0.25) is 4.98 Å². The minimum absolute atomic E-state index is 0.279. The number of nitrogens with zero attached hydrogens (tertiary/aromatic N) is 1. The number of sulfone groups is 1. The van der Waals surface area contributed by atoms with Gasteiger partial charge in [0.05, 0.1) is 21.2 Å². The summed E-state index contributed by atoms with van der Waals surface area (Å²) in [5.41, 5.74) is 1.79. The summed E-state index contributed by atoms with van der Waals surface area (Å²) in [6.07, 6.45) is -0.971. The minimum Gasteiger partial charge on any atom is -0.256 e. The standard InChI is InChI=1S/C25H19F3O2S.C9H7N/c26-25(27,28)17-6-3-7-18(15-17)31(29,30)24-10-4-9-20-22-12-11-16-5-1-2-8-19(16)21(22)13-14-23(20)24;1-2-6-9-8(4-1)5-3-7-10-9/h1-3,5-8,11-15,24H,4,9-10H2;1-7H/t24-;/m1./s1. The first-order valence-electron chi connectivity index (χ1n) is 13.4. The molecule has 0 radical (unpaired) electrons. The van der Waals surface area contributed by atoms with E-state index in [1.54, 1.807) is 0 Å². The fourth-order valence-corrected chi connectivity index (χ4v) is 7.64. The molecule has 0 N–H and O–H groups in total. The van der Waals surface area contributed by atoms with E-state index in [2.05, 4.69) is 17.1 Å². The molecule has 206 valence electrons. The van der Waals surface area contributed by atoms with Gasteiger partial charge >= 0.3 is 6.18 Å². The van der Waals surface area contributed by atoms with Crippen LogP contribution >= 0.6 is 0 Å². The van der Waals surface area contributed by atoms with Crippen LogP contribution in [-0.2, 0) is 22.4 Å². The summed E-state index contributed by atoms with van der Waals surface area (Å²) in [5, 5.41) is 4.64. The lowest BCUT2D eigenvalue weighted by molar-refractivity contribution is -0.137. The van der Waals surface area contributed by atoms with Gasteiger partial charge in [-0.1, -0.05) is 78.9 Å². The van der Waals surface area contributed by atoms with E-state index >= 15 is 0 Å². The quantitative estimate of drug-likeness (QED) is 0.195. The van der Waals surface area contributed by atoms with Gasteiger partial charge in [0.2, 0.25) is 0 Å². The van der Waals surface area contributed by atoms with Crippen LogP contribution < -0.4 is 0 Å². The molecule has 7 heteroatoms. The van der Waals surface area contributed by atoms with Gasteiger partial charge in [0.15, 0.2) is 9.84 Å². The molecule has 0 bridgehead atoms. The Morgan fingerprint density at radius 1 is 0.707 bits per heavy atom. The Balaban J connectivity index is 0.000000253. The lowest BCUT2D eigenvalue weighted by Crippen LogP contribution is -2.20. The van der Waals surface area contributed by atoms with Crippen LogP contribution in [0.1, 0.15) is 34.8 Å². The van der Waals surface area contributed by atoms with Crippen LogP contribution in [0.2, 0.25) is 0 Å². The molecule has 0 spiro atoms. The number of fused-ring (bicyclic) bond motifs is 6. The first-order valence-corrected chi connectivity index (χ1v) is 14.9. The fourth-order valence-electron chi connectivity index (χ4n) is 5.72. The van der Waals surface area contributed by atoms with E-state index in [0.29, 0.717) is 18.4 Å². The number of hydrogen-bond acceptors (Lipinski definition) is 3. The number of alkyl halides is 3. The predicted octanol–water partition coefficient (Wildman–Crippen LogP) is 9.10. The van der Waals surface area contributed by atoms with E-state index < -0.39 is 26.8 Å². The van der Waals surface area contributed by atoms with Gasteiger partial charge in [-0.05, 0) is 82.3 Å². The van der Waals surface area contributed by atoms with Gasteiger partial charge in [0.1, 0.15) is 0 Å². The highest BCUT2D eigenvalue weighted by atomic mass is 32.2. The third-order valence-corrected chi connectivity index (χ3v) is 9.84. The molecule has 1 atom stereocenters. The van der Waals surface area contributed by atoms with Crippen molar-refractivity contribution in [3.05, 3.63) is 132 Å². The van der Waals surface area contributed by atoms with Crippen molar-refractivity contribution in [1.82, 2.24) is 4.98 Å². The van der Waals surface area contributed by atoms with Crippen LogP contribution in [0.3, 0.4) is 0 Å². The number of pyridine rings is 1. The molecule has 0 fully saturated rings. The largest absolute Gasteiger partial charge is 0.416 e. The second kappa shape index (κ2) is 10.6. The lowest BCUT2D eigenvalue weighted by Gasteiger charge is -2.27. The first-order chi connectivity index (χ1) is 19.7. The highest BCUT2D eigenvalue weighted by Crippen LogP contribution is 2.43. The van der Waals surface area contributed by atoms with Crippen LogP contribution in [0.5, 0.6) is 0 Å². The van der Waals surface area contributed by atoms with Crippen molar-refractivity contribution in [3.8, 4) is 0 Å². The molecule has 0 amide bonds. The summed E-state index contributed by atoms with van der Waals surface area (Å²) in [7, 11) is -3.97. The maximum absolute atomic E-state index is 13.4. The molecule has 1 aliphatic rings. The summed E-state index contributed by atoms with van der Waals surface area (Å²) in [6.45, 7) is 0. The van der Waals surface area contributed by atoms with Crippen LogP contribution in [0.4, 0.5) is 13.2 Å². The van der Waals surface area contributed by atoms with E-state index in [4.69, 9.17) is 0 Å². The molecule has 1 aromatic heterocycles. The van der Waals surface area contributed by atoms with Gasteiger partial charge in [0.25, 0.3) is 0 Å². The van der Waals surface area contributed by atoms with Gasteiger partial charge in [0, 0.05) is 11.6 Å². The van der Waals surface area contributed by atoms with Crippen molar-refractivity contribution in [2.45, 2.75) is 35.6 Å². The van der Waals surface area contributed by atoms with Crippen LogP contribution in [0, 0.1) is 0 Å². The SMILES string of the molecule is O=S(=O)(c1cccc(C(F)(F)F)c1)[C@@H]1CCCc2c1ccc1c2ccc2ccccc21.c1ccc2ncccc2c1. The van der Waals surface area contributed by atoms with Crippen LogP contribution in [0.25, 0.3) is 32.4 Å². The lowest BCUT2D eigenvalue weighted by atomic mass is 9.86. The number of halogens is 3. The number of aryl methyl sites for hydroxylation is 1. The average Bonchev–Trinajstić information content (AvgIpc) is 3.00. The predicted molar refractivity (Wildman–Crippen MR) is 158 cm³/mol. The number of aromatic nitrogens is 1. The average molecular weight is 570 g/mol. The van der Waals surface area contributed by atoms with Crippen molar-refractivity contribution in [3.63, 3.8) is 0 Å². The Morgan fingerprint density at radius 3 is 2.24 bits per heavy atom. The molecule has 0 aliphatic heterocycles. The molecule has 3 nitrogen and oxygen atoms in total. The molecule has 41 heavy (non-hydrogen) atoms. The van der Waals surface area contributed by atoms with Gasteiger partial charge in [-0.25, -0.2) is 8.42 Å². The third-order valence-electron chi connectivity index (χ3n) is 7.69. The second-order valence-corrected chi connectivity index (χ2v) is 12.3. The number of rotatable bonds is 2. The van der Waals surface area contributed by atoms with Gasteiger partial charge < -0.3 is 0 Å². The Kier molecular flexibility index (Phi) is 6.99. The molecule has 1 aliphatic carbocycles. The molecule has 0 saturated carbocycles. The molecule has 1 heterocycles. The minimum atomic E-state index is -4.59. The van der Waals surface area contributed by atoms with Gasteiger partial charge in [-0.2, -0.15) is 13.2 Å². The summed E-state index contributed by atoms with van der Waals surface area (Å²) < 4.78 is 66.3. The monoisotopic (exact) mass is 569 g/mol. The van der Waals surface area contributed by atoms with Gasteiger partial charge in [-0.15, -0.1) is 0 Å². The fraction of sp³-hybridized carbons (Fsp3) is 0.147. The number of benzene rings is 5. The van der Waals surface area contributed by atoms with Crippen molar-refractivity contribution in [1.29, 1.82) is 0 Å². The number of para-hydroxylation sites is 1. The normalized spacial score (nSPS) is 15.3. The highest BCUT2D eigenvalue weighted by molar-refractivity contribution is 7.91. The summed E-state index contributed by atoms with van der Waals surface area (Å²) >= 11 is 0. The third kappa shape index (κ3) is 5.18. The van der Waals surface area contributed by atoms with Crippen molar-refractivity contribution >= 4 is 42.3 Å². The molecule has 0 saturated heterocycles. The van der Waals surface area contributed by atoms with Crippen molar-refractivity contribution in [2.75, 3.05) is 0 Å². The Morgan fingerprint density at radius 2 is 1.44 bits per heavy atom. The first kappa shape index (κ1) is 27.0. The molecule has 5 aromatic carbocycles. The summed E-state index contributed by atoms with van der Waals surface area (Å²) in [5.74, 6) is 0. The zero-order valence-corrected chi connectivity index (χ0v) is 22.8. The second-order valence-electron chi connectivity index (χ2n) is 10.2. The van der Waals surface area contributed by atoms with E-state index in [1.165, 1.54) is 11.5 Å². The summed E-state index contributed by atoms with van der Waals surface area (Å²) in [4.78, 5) is 3.90. The van der Waals surface area contributed by atoms with E-state index in [9.17, 15) is 21.6 Å². The van der Waals surface area contributed by atoms with E-state index in [-0.39, 0.29) is 4.90 Å². The molecule has 7 rings (SSSR count). The topological polar surface area (TPSA) is 47.0 Å². The van der Waals surface area contributed by atoms with E-state index in [1.807, 2.05) is 79.0 Å². The molecule has 6 aromatic rings. The van der Waals surface area contributed by atoms with Crippen molar-refractivity contribution < 1.29 is 21.6 Å². The smallest absolute Gasteiger partial charge is 0.256 e. The maximum Gasteiger partial charge on any atom is 0.416 e. The zero-order chi connectivity index (χ0) is 28.6. The van der Waals surface area contributed by atoms with Crippen LogP contribution in [0.15, 0.2) is 120 Å². The number of hydrogen-bond donors (Lipinski definition) is 0. The Hall–Kier alpha value is -4.23. The molecule has 0 unspecified atom stereocenters. The zero-order valence-electron chi connectivity index (χ0n) is 22.0. The summed E-state index contributed by atoms with van der Waals surface area (Å²) in [6, 6.07) is 32.0. The molecular formula is C34H26F3NO2S.